The van der Waals surface area contributed by atoms with Crippen LogP contribution in [-0.4, -0.2) is 39.2 Å². The molecule has 0 aliphatic carbocycles. The molecule has 2 saturated heterocycles. The minimum Gasteiger partial charge on any atom is -0.324 e. The van der Waals surface area contributed by atoms with E-state index in [2.05, 4.69) is 10.2 Å². The molecular weight excluding hydrogens is 450 g/mol. The van der Waals surface area contributed by atoms with Crippen molar-refractivity contribution in [2.24, 2.45) is 5.92 Å². The first-order valence-electron chi connectivity index (χ1n) is 11.1. The van der Waals surface area contributed by atoms with Crippen molar-refractivity contribution in [2.45, 2.75) is 17.5 Å². The Morgan fingerprint density at radius 2 is 1.82 bits per heavy atom. The van der Waals surface area contributed by atoms with E-state index >= 15 is 0 Å². The number of anilines is 1. The van der Waals surface area contributed by atoms with E-state index in [0.29, 0.717) is 11.6 Å². The van der Waals surface area contributed by atoms with Gasteiger partial charge in [0.2, 0.25) is 5.91 Å². The molecule has 0 bridgehead atoms. The molecule has 0 unspecified atom stereocenters. The number of non-ortho nitro benzene ring substituents is 1. The van der Waals surface area contributed by atoms with Crippen LogP contribution < -0.4 is 5.32 Å². The molecule has 3 aromatic carbocycles. The molecule has 1 N–H and O–H groups in total. The molecule has 6 rings (SSSR count). The Kier molecular flexibility index (Phi) is 4.82. The lowest BCUT2D eigenvalue weighted by atomic mass is 9.69. The van der Waals surface area contributed by atoms with Gasteiger partial charge in [0, 0.05) is 52.5 Å². The second-order valence-corrected chi connectivity index (χ2v) is 9.89. The number of ketones is 1. The number of nitro benzene ring substituents is 1. The summed E-state index contributed by atoms with van der Waals surface area (Å²) in [6.45, 7) is 0. The Morgan fingerprint density at radius 3 is 2.62 bits per heavy atom. The quantitative estimate of drug-likeness (QED) is 0.344. The zero-order valence-electron chi connectivity index (χ0n) is 18.1. The van der Waals surface area contributed by atoms with E-state index in [1.165, 1.54) is 18.2 Å². The molecular formula is C26H21N3O4S. The maximum absolute atomic E-state index is 14.3. The van der Waals surface area contributed by atoms with E-state index in [4.69, 9.17) is 0 Å². The van der Waals surface area contributed by atoms with Gasteiger partial charge < -0.3 is 5.32 Å². The molecule has 0 saturated carbocycles. The summed E-state index contributed by atoms with van der Waals surface area (Å²) < 4.78 is 0. The number of carbonyl (C=O) groups excluding carboxylic acids is 2. The second kappa shape index (κ2) is 7.78. The maximum Gasteiger partial charge on any atom is 0.270 e. The number of carbonyl (C=O) groups is 2. The first kappa shape index (κ1) is 21.1. The zero-order valence-corrected chi connectivity index (χ0v) is 18.9. The van der Waals surface area contributed by atoms with Crippen LogP contribution in [0.15, 0.2) is 78.9 Å². The number of hydrogen-bond donors (Lipinski definition) is 1. The number of hydrogen-bond acceptors (Lipinski definition) is 6. The van der Waals surface area contributed by atoms with Crippen molar-refractivity contribution in [3.8, 4) is 0 Å². The predicted octanol–water partition coefficient (Wildman–Crippen LogP) is 4.41. The van der Waals surface area contributed by atoms with Crippen molar-refractivity contribution in [1.29, 1.82) is 0 Å². The van der Waals surface area contributed by atoms with Crippen LogP contribution in [0.5, 0.6) is 0 Å². The minimum atomic E-state index is -1.17. The van der Waals surface area contributed by atoms with Gasteiger partial charge >= 0.3 is 0 Å². The molecule has 3 aliphatic rings. The summed E-state index contributed by atoms with van der Waals surface area (Å²) in [6.07, 6.45) is 0. The summed E-state index contributed by atoms with van der Waals surface area (Å²) in [7, 11) is 0. The summed E-state index contributed by atoms with van der Waals surface area (Å²) in [5.41, 5.74) is 1.46. The fourth-order valence-corrected chi connectivity index (χ4v) is 7.36. The fraction of sp³-hybridized carbons (Fsp3) is 0.231. The van der Waals surface area contributed by atoms with Crippen molar-refractivity contribution < 1.29 is 14.5 Å². The normalized spacial score (nSPS) is 27.4. The molecule has 3 heterocycles. The highest BCUT2D eigenvalue weighted by Crippen LogP contribution is 2.61. The number of thioether (sulfide) groups is 1. The summed E-state index contributed by atoms with van der Waals surface area (Å²) in [4.78, 5) is 41.3. The number of amides is 1. The minimum absolute atomic E-state index is 0.0167. The van der Waals surface area contributed by atoms with Crippen molar-refractivity contribution >= 4 is 34.8 Å². The monoisotopic (exact) mass is 471 g/mol. The van der Waals surface area contributed by atoms with Crippen LogP contribution in [0.1, 0.15) is 27.4 Å². The van der Waals surface area contributed by atoms with Crippen LogP contribution in [0.2, 0.25) is 0 Å². The van der Waals surface area contributed by atoms with Gasteiger partial charge in [-0.15, -0.1) is 11.8 Å². The molecule has 0 aromatic heterocycles. The fourth-order valence-electron chi connectivity index (χ4n) is 6.03. The van der Waals surface area contributed by atoms with Crippen LogP contribution in [0.3, 0.4) is 0 Å². The number of para-hydroxylation sites is 1. The molecule has 4 atom stereocenters. The highest BCUT2D eigenvalue weighted by Gasteiger charge is 2.69. The number of fused-ring (bicyclic) bond motifs is 4. The number of benzene rings is 3. The van der Waals surface area contributed by atoms with Gasteiger partial charge in [-0.05, 0) is 11.6 Å². The van der Waals surface area contributed by atoms with E-state index in [1.54, 1.807) is 17.8 Å². The van der Waals surface area contributed by atoms with Gasteiger partial charge in [-0.25, -0.2) is 0 Å². The Balaban J connectivity index is 1.60. The Hall–Kier alpha value is -3.49. The topological polar surface area (TPSA) is 92.5 Å². The molecule has 170 valence electrons. The molecule has 7 nitrogen and oxygen atoms in total. The Bertz CT molecular complexity index is 1330. The Morgan fingerprint density at radius 1 is 1.06 bits per heavy atom. The van der Waals surface area contributed by atoms with Crippen molar-refractivity contribution in [2.75, 3.05) is 16.9 Å². The third-order valence-corrected chi connectivity index (χ3v) is 8.37. The lowest BCUT2D eigenvalue weighted by Gasteiger charge is -2.36. The number of nitrogens with one attached hydrogen (secondary N) is 1. The van der Waals surface area contributed by atoms with Crippen LogP contribution in [-0.2, 0) is 10.3 Å². The first-order chi connectivity index (χ1) is 16.5. The van der Waals surface area contributed by atoms with Crippen LogP contribution in [0.25, 0.3) is 0 Å². The van der Waals surface area contributed by atoms with E-state index in [1.807, 2.05) is 54.6 Å². The van der Waals surface area contributed by atoms with Gasteiger partial charge in [0.15, 0.2) is 5.78 Å². The summed E-state index contributed by atoms with van der Waals surface area (Å²) in [5.74, 6) is 0.0165. The average molecular weight is 472 g/mol. The summed E-state index contributed by atoms with van der Waals surface area (Å²) in [5, 5.41) is 14.5. The van der Waals surface area contributed by atoms with E-state index in [-0.39, 0.29) is 34.9 Å². The summed E-state index contributed by atoms with van der Waals surface area (Å²) >= 11 is 1.76. The highest BCUT2D eigenvalue weighted by atomic mass is 32.2. The third kappa shape index (κ3) is 2.82. The van der Waals surface area contributed by atoms with Gasteiger partial charge in [-0.1, -0.05) is 60.7 Å². The Labute approximate surface area is 200 Å². The molecule has 34 heavy (non-hydrogen) atoms. The zero-order chi connectivity index (χ0) is 23.4. The largest absolute Gasteiger partial charge is 0.324 e. The number of rotatable bonds is 4. The van der Waals surface area contributed by atoms with Gasteiger partial charge in [-0.3, -0.25) is 24.6 Å². The van der Waals surface area contributed by atoms with Crippen molar-refractivity contribution in [1.82, 2.24) is 4.90 Å². The first-order valence-corrected chi connectivity index (χ1v) is 12.3. The van der Waals surface area contributed by atoms with Gasteiger partial charge in [0.1, 0.15) is 5.54 Å². The number of nitro groups is 1. The maximum atomic E-state index is 14.3. The van der Waals surface area contributed by atoms with Crippen LogP contribution in [0, 0.1) is 16.0 Å². The average Bonchev–Trinajstić information content (AvgIpc) is 3.52. The van der Waals surface area contributed by atoms with Crippen molar-refractivity contribution in [3.63, 3.8) is 0 Å². The third-order valence-electron chi connectivity index (χ3n) is 7.34. The summed E-state index contributed by atoms with van der Waals surface area (Å²) in [6, 6.07) is 23.2. The molecule has 8 heteroatoms. The van der Waals surface area contributed by atoms with Gasteiger partial charge in [0.05, 0.1) is 10.8 Å². The lowest BCUT2D eigenvalue weighted by Crippen LogP contribution is -2.52. The molecule has 3 aliphatic heterocycles. The second-order valence-electron chi connectivity index (χ2n) is 8.89. The number of nitrogens with zero attached hydrogens (tertiary/aromatic N) is 2. The van der Waals surface area contributed by atoms with E-state index in [0.717, 1.165) is 16.9 Å². The molecule has 1 spiro atoms. The van der Waals surface area contributed by atoms with Crippen LogP contribution >= 0.6 is 11.8 Å². The predicted molar refractivity (Wildman–Crippen MR) is 130 cm³/mol. The SMILES string of the molecule is O=C(c1cccc([N+](=O)[O-])c1)[C@@H]1[C@@H](c2ccccc2)[C@@H]2CSCN2[C@@]12C(=O)Nc1ccccc12. The molecule has 2 fully saturated rings. The molecule has 0 radical (unpaired) electrons. The van der Waals surface area contributed by atoms with E-state index < -0.39 is 16.4 Å². The molecule has 3 aromatic rings. The van der Waals surface area contributed by atoms with Gasteiger partial charge in [-0.2, -0.15) is 0 Å². The van der Waals surface area contributed by atoms with Gasteiger partial charge in [0.25, 0.3) is 5.69 Å². The smallest absolute Gasteiger partial charge is 0.270 e. The standard InChI is InChI=1S/C26H21N3O4S/c30-24(17-9-6-10-18(13-17)29(32)33)23-22(16-7-2-1-3-8-16)21-14-34-15-28(21)26(23)19-11-4-5-12-20(19)27-25(26)31/h1-13,21-23H,14-15H2,(H,27,31)/t21-,22-,23-,26+/m0/s1. The van der Waals surface area contributed by atoms with E-state index in [9.17, 15) is 19.7 Å². The van der Waals surface area contributed by atoms with Crippen molar-refractivity contribution in [3.05, 3.63) is 106 Å². The van der Waals surface area contributed by atoms with Crippen LogP contribution in [0.4, 0.5) is 11.4 Å². The highest BCUT2D eigenvalue weighted by molar-refractivity contribution is 7.99. The lowest BCUT2D eigenvalue weighted by molar-refractivity contribution is -0.384. The number of Topliss-reactive ketones (excluding diaryl/α,β-unsaturated/α-hetero) is 1. The molecule has 1 amide bonds.